The molecule has 1 atom stereocenters. The van der Waals surface area contributed by atoms with E-state index in [1.807, 2.05) is 32.9 Å². The average Bonchev–Trinajstić information content (AvgIpc) is 2.87. The van der Waals surface area contributed by atoms with E-state index in [0.717, 1.165) is 14.9 Å². The molecule has 2 aromatic rings. The number of halogens is 1. The van der Waals surface area contributed by atoms with Gasteiger partial charge in [0.25, 0.3) is 11.8 Å². The third-order valence-corrected chi connectivity index (χ3v) is 5.45. The molecule has 140 valence electrons. The molecule has 0 radical (unpaired) electrons. The Bertz CT molecular complexity index is 888. The summed E-state index contributed by atoms with van der Waals surface area (Å²) in [6, 6.07) is 11.3. The standard InChI is InChI=1S/C21H21BrN2O3/c1-12(2)10-18(19(25)23-14-8-9-17(22)13(3)11-14)24-20(26)15-6-4-5-7-16(15)21(24)27/h4-9,11-12,18H,10H2,1-3H3,(H,23,25). The van der Waals surface area contributed by atoms with Crippen molar-refractivity contribution in [2.75, 3.05) is 5.32 Å². The van der Waals surface area contributed by atoms with E-state index in [0.29, 0.717) is 23.2 Å². The van der Waals surface area contributed by atoms with Gasteiger partial charge in [0.2, 0.25) is 5.91 Å². The Morgan fingerprint density at radius 3 is 2.19 bits per heavy atom. The number of nitrogens with zero attached hydrogens (tertiary/aromatic N) is 1. The van der Waals surface area contributed by atoms with E-state index in [1.54, 1.807) is 30.3 Å². The van der Waals surface area contributed by atoms with Gasteiger partial charge in [0, 0.05) is 10.2 Å². The number of aryl methyl sites for hydroxylation is 1. The van der Waals surface area contributed by atoms with E-state index in [-0.39, 0.29) is 11.8 Å². The number of amides is 3. The van der Waals surface area contributed by atoms with Crippen molar-refractivity contribution >= 4 is 39.3 Å². The summed E-state index contributed by atoms with van der Waals surface area (Å²) >= 11 is 3.43. The SMILES string of the molecule is Cc1cc(NC(=O)C(CC(C)C)N2C(=O)c3ccccc3C2=O)ccc1Br. The molecular formula is C21H21BrN2O3. The van der Waals surface area contributed by atoms with Gasteiger partial charge in [-0.2, -0.15) is 0 Å². The smallest absolute Gasteiger partial charge is 0.262 e. The van der Waals surface area contributed by atoms with Crippen molar-refractivity contribution in [3.05, 3.63) is 63.6 Å². The van der Waals surface area contributed by atoms with Gasteiger partial charge in [0.1, 0.15) is 6.04 Å². The third kappa shape index (κ3) is 3.81. The zero-order valence-electron chi connectivity index (χ0n) is 15.5. The lowest BCUT2D eigenvalue weighted by atomic mass is 10.0. The zero-order valence-corrected chi connectivity index (χ0v) is 17.0. The van der Waals surface area contributed by atoms with Crippen LogP contribution in [0.4, 0.5) is 5.69 Å². The van der Waals surface area contributed by atoms with Crippen LogP contribution in [0.2, 0.25) is 0 Å². The molecule has 2 aromatic carbocycles. The van der Waals surface area contributed by atoms with E-state index in [1.165, 1.54) is 0 Å². The molecule has 0 fully saturated rings. The summed E-state index contributed by atoms with van der Waals surface area (Å²) in [6.07, 6.45) is 0.396. The summed E-state index contributed by atoms with van der Waals surface area (Å²) in [5.41, 5.74) is 2.31. The molecule has 0 aliphatic carbocycles. The number of hydrogen-bond acceptors (Lipinski definition) is 3. The Labute approximate surface area is 166 Å². The molecule has 0 saturated carbocycles. The molecule has 0 bridgehead atoms. The van der Waals surface area contributed by atoms with Crippen molar-refractivity contribution in [1.82, 2.24) is 4.90 Å². The normalized spacial score (nSPS) is 14.5. The van der Waals surface area contributed by atoms with Gasteiger partial charge in [-0.25, -0.2) is 0 Å². The van der Waals surface area contributed by atoms with Crippen molar-refractivity contribution in [2.24, 2.45) is 5.92 Å². The van der Waals surface area contributed by atoms with E-state index in [2.05, 4.69) is 21.2 Å². The van der Waals surface area contributed by atoms with Crippen LogP contribution >= 0.6 is 15.9 Å². The van der Waals surface area contributed by atoms with Crippen LogP contribution in [0.5, 0.6) is 0 Å². The Hall–Kier alpha value is -2.47. The molecule has 0 aromatic heterocycles. The number of carbonyl (C=O) groups is 3. The first-order chi connectivity index (χ1) is 12.8. The lowest BCUT2D eigenvalue weighted by molar-refractivity contribution is -0.120. The predicted molar refractivity (Wildman–Crippen MR) is 108 cm³/mol. The highest BCUT2D eigenvalue weighted by Crippen LogP contribution is 2.28. The van der Waals surface area contributed by atoms with Gasteiger partial charge < -0.3 is 5.32 Å². The molecule has 1 heterocycles. The highest BCUT2D eigenvalue weighted by atomic mass is 79.9. The van der Waals surface area contributed by atoms with Crippen LogP contribution in [0, 0.1) is 12.8 Å². The first kappa shape index (κ1) is 19.3. The van der Waals surface area contributed by atoms with Gasteiger partial charge >= 0.3 is 0 Å². The molecule has 1 aliphatic heterocycles. The lowest BCUT2D eigenvalue weighted by Crippen LogP contribution is -2.47. The van der Waals surface area contributed by atoms with Gasteiger partial charge in [-0.05, 0) is 55.2 Å². The fourth-order valence-corrected chi connectivity index (χ4v) is 3.46. The minimum atomic E-state index is -0.860. The van der Waals surface area contributed by atoms with Crippen LogP contribution in [0.1, 0.15) is 46.5 Å². The number of carbonyl (C=O) groups excluding carboxylic acids is 3. The van der Waals surface area contributed by atoms with Crippen LogP contribution in [-0.2, 0) is 4.79 Å². The number of imide groups is 1. The average molecular weight is 429 g/mol. The van der Waals surface area contributed by atoms with Crippen LogP contribution in [-0.4, -0.2) is 28.7 Å². The Balaban J connectivity index is 1.90. The molecule has 1 aliphatic rings. The summed E-state index contributed by atoms with van der Waals surface area (Å²) in [4.78, 5) is 39.7. The summed E-state index contributed by atoms with van der Waals surface area (Å²) in [5, 5.41) is 2.85. The molecule has 27 heavy (non-hydrogen) atoms. The molecule has 6 heteroatoms. The molecule has 3 rings (SSSR count). The molecule has 3 amide bonds. The minimum absolute atomic E-state index is 0.136. The summed E-state index contributed by atoms with van der Waals surface area (Å²) in [5.74, 6) is -1.05. The van der Waals surface area contributed by atoms with E-state index >= 15 is 0 Å². The van der Waals surface area contributed by atoms with Gasteiger partial charge in [0.05, 0.1) is 11.1 Å². The summed E-state index contributed by atoms with van der Waals surface area (Å²) in [6.45, 7) is 5.85. The molecule has 1 unspecified atom stereocenters. The van der Waals surface area contributed by atoms with Gasteiger partial charge in [-0.3, -0.25) is 19.3 Å². The quantitative estimate of drug-likeness (QED) is 0.717. The fraction of sp³-hybridized carbons (Fsp3) is 0.286. The zero-order chi connectivity index (χ0) is 19.7. The number of nitrogens with one attached hydrogen (secondary N) is 1. The van der Waals surface area contributed by atoms with Crippen LogP contribution in [0.15, 0.2) is 46.9 Å². The second kappa shape index (κ2) is 7.64. The van der Waals surface area contributed by atoms with Crippen molar-refractivity contribution in [2.45, 2.75) is 33.2 Å². The number of hydrogen-bond donors (Lipinski definition) is 1. The topological polar surface area (TPSA) is 66.5 Å². The van der Waals surface area contributed by atoms with Crippen molar-refractivity contribution in [1.29, 1.82) is 0 Å². The minimum Gasteiger partial charge on any atom is -0.324 e. The maximum absolute atomic E-state index is 13.0. The largest absolute Gasteiger partial charge is 0.324 e. The third-order valence-electron chi connectivity index (χ3n) is 4.56. The second-order valence-corrected chi connectivity index (χ2v) is 7.98. The first-order valence-electron chi connectivity index (χ1n) is 8.83. The van der Waals surface area contributed by atoms with Crippen LogP contribution in [0.25, 0.3) is 0 Å². The predicted octanol–water partition coefficient (Wildman–Crippen LogP) is 4.41. The van der Waals surface area contributed by atoms with Crippen molar-refractivity contribution in [3.8, 4) is 0 Å². The Morgan fingerprint density at radius 1 is 1.07 bits per heavy atom. The summed E-state index contributed by atoms with van der Waals surface area (Å²) < 4.78 is 0.944. The van der Waals surface area contributed by atoms with Crippen LogP contribution in [0.3, 0.4) is 0 Å². The van der Waals surface area contributed by atoms with Gasteiger partial charge in [-0.15, -0.1) is 0 Å². The van der Waals surface area contributed by atoms with Gasteiger partial charge in [-0.1, -0.05) is 41.9 Å². The maximum atomic E-state index is 13.0. The molecule has 0 saturated heterocycles. The Morgan fingerprint density at radius 2 is 1.67 bits per heavy atom. The highest BCUT2D eigenvalue weighted by molar-refractivity contribution is 9.10. The fourth-order valence-electron chi connectivity index (χ4n) is 3.22. The van der Waals surface area contributed by atoms with Crippen LogP contribution < -0.4 is 5.32 Å². The number of fused-ring (bicyclic) bond motifs is 1. The lowest BCUT2D eigenvalue weighted by Gasteiger charge is -2.26. The number of rotatable bonds is 5. The summed E-state index contributed by atoms with van der Waals surface area (Å²) in [7, 11) is 0. The maximum Gasteiger partial charge on any atom is 0.262 e. The molecule has 0 spiro atoms. The molecular weight excluding hydrogens is 408 g/mol. The van der Waals surface area contributed by atoms with Crippen molar-refractivity contribution in [3.63, 3.8) is 0 Å². The van der Waals surface area contributed by atoms with Crippen molar-refractivity contribution < 1.29 is 14.4 Å². The van der Waals surface area contributed by atoms with E-state index in [9.17, 15) is 14.4 Å². The molecule has 5 nitrogen and oxygen atoms in total. The highest BCUT2D eigenvalue weighted by Gasteiger charge is 2.42. The van der Waals surface area contributed by atoms with Gasteiger partial charge in [0.15, 0.2) is 0 Å². The van der Waals surface area contributed by atoms with E-state index in [4.69, 9.17) is 0 Å². The monoisotopic (exact) mass is 428 g/mol. The Kier molecular flexibility index (Phi) is 5.46. The molecule has 1 N–H and O–H groups in total. The second-order valence-electron chi connectivity index (χ2n) is 7.12. The number of benzene rings is 2. The first-order valence-corrected chi connectivity index (χ1v) is 9.63. The van der Waals surface area contributed by atoms with E-state index < -0.39 is 17.9 Å². The number of anilines is 1.